The summed E-state index contributed by atoms with van der Waals surface area (Å²) < 4.78 is 66.3. The van der Waals surface area contributed by atoms with Crippen LogP contribution in [0.25, 0.3) is 0 Å². The molecule has 9 heteroatoms. The van der Waals surface area contributed by atoms with Crippen LogP contribution < -0.4 is 9.62 Å². The van der Waals surface area contributed by atoms with E-state index in [1.807, 2.05) is 6.92 Å². The number of rotatable bonds is 6. The average Bonchev–Trinajstić information content (AvgIpc) is 2.66. The molecule has 0 saturated heterocycles. The zero-order chi connectivity index (χ0) is 22.8. The molecule has 0 aliphatic carbocycles. The third-order valence-corrected chi connectivity index (χ3v) is 5.63. The number of nitrogens with zero attached hydrogens (tertiary/aromatic N) is 1. The molecule has 0 spiro atoms. The molecule has 1 amide bonds. The van der Waals surface area contributed by atoms with Crippen LogP contribution in [0.2, 0.25) is 0 Å². The van der Waals surface area contributed by atoms with E-state index in [9.17, 15) is 26.4 Å². The lowest BCUT2D eigenvalue weighted by atomic mass is 10.1. The molecule has 0 unspecified atom stereocenters. The van der Waals surface area contributed by atoms with Crippen LogP contribution in [0, 0.1) is 24.4 Å². The van der Waals surface area contributed by atoms with Crippen molar-refractivity contribution >= 4 is 27.3 Å². The van der Waals surface area contributed by atoms with Crippen molar-refractivity contribution in [2.45, 2.75) is 13.5 Å². The Bertz CT molecular complexity index is 1190. The van der Waals surface area contributed by atoms with Gasteiger partial charge in [0.25, 0.3) is 5.91 Å². The average molecular weight is 448 g/mol. The highest BCUT2D eigenvalue weighted by Gasteiger charge is 2.20. The number of halogens is 3. The van der Waals surface area contributed by atoms with E-state index < -0.39 is 38.9 Å². The van der Waals surface area contributed by atoms with Gasteiger partial charge in [-0.15, -0.1) is 0 Å². The molecule has 0 radical (unpaired) electrons. The Balaban J connectivity index is 1.78. The van der Waals surface area contributed by atoms with Gasteiger partial charge in [0, 0.05) is 17.8 Å². The van der Waals surface area contributed by atoms with E-state index >= 15 is 0 Å². The van der Waals surface area contributed by atoms with Gasteiger partial charge in [0.05, 0.1) is 18.5 Å². The molecule has 3 aromatic carbocycles. The van der Waals surface area contributed by atoms with Crippen LogP contribution in [0.15, 0.2) is 60.7 Å². The summed E-state index contributed by atoms with van der Waals surface area (Å²) in [5.41, 5.74) is 1.47. The van der Waals surface area contributed by atoms with Crippen LogP contribution in [0.3, 0.4) is 0 Å². The maximum absolute atomic E-state index is 13.8. The number of amides is 1. The van der Waals surface area contributed by atoms with Crippen LogP contribution in [-0.2, 0) is 16.6 Å². The normalized spacial score (nSPS) is 11.3. The predicted molar refractivity (Wildman–Crippen MR) is 113 cm³/mol. The van der Waals surface area contributed by atoms with Gasteiger partial charge >= 0.3 is 0 Å². The zero-order valence-corrected chi connectivity index (χ0v) is 17.5. The lowest BCUT2D eigenvalue weighted by molar-refractivity contribution is 0.101. The SMILES string of the molecule is Cc1ccc(N(Cc2ccc(NC(=O)c3c(F)cc(F)cc3F)cc2)S(C)(=O)=O)cc1. The van der Waals surface area contributed by atoms with E-state index in [2.05, 4.69) is 5.32 Å². The summed E-state index contributed by atoms with van der Waals surface area (Å²) in [6, 6.07) is 14.0. The van der Waals surface area contributed by atoms with Gasteiger partial charge in [-0.3, -0.25) is 9.10 Å². The van der Waals surface area contributed by atoms with E-state index in [4.69, 9.17) is 0 Å². The van der Waals surface area contributed by atoms with E-state index in [-0.39, 0.29) is 12.2 Å². The minimum Gasteiger partial charge on any atom is -0.322 e. The fraction of sp³-hybridized carbons (Fsp3) is 0.136. The van der Waals surface area contributed by atoms with Crippen molar-refractivity contribution in [3.63, 3.8) is 0 Å². The lowest BCUT2D eigenvalue weighted by Crippen LogP contribution is -2.29. The first-order valence-electron chi connectivity index (χ1n) is 9.14. The highest BCUT2D eigenvalue weighted by Crippen LogP contribution is 2.22. The Morgan fingerprint density at radius 3 is 2.00 bits per heavy atom. The summed E-state index contributed by atoms with van der Waals surface area (Å²) in [6.07, 6.45) is 1.10. The number of hydrogen-bond donors (Lipinski definition) is 1. The highest BCUT2D eigenvalue weighted by molar-refractivity contribution is 7.92. The van der Waals surface area contributed by atoms with Gasteiger partial charge in [-0.05, 0) is 36.8 Å². The fourth-order valence-electron chi connectivity index (χ4n) is 2.92. The number of benzene rings is 3. The summed E-state index contributed by atoms with van der Waals surface area (Å²) in [6.45, 7) is 1.95. The standard InChI is InChI=1S/C22H19F3N2O3S/c1-14-3-9-18(10-4-14)27(31(2,29)30)13-15-5-7-17(8-6-15)26-22(28)21-19(24)11-16(23)12-20(21)25/h3-12H,13H2,1-2H3,(H,26,28). The van der Waals surface area contributed by atoms with Gasteiger partial charge in [-0.2, -0.15) is 0 Å². The molecule has 0 aromatic heterocycles. The van der Waals surface area contributed by atoms with E-state index in [1.165, 1.54) is 16.4 Å². The smallest absolute Gasteiger partial charge is 0.261 e. The first kappa shape index (κ1) is 22.4. The Kier molecular flexibility index (Phi) is 6.35. The third kappa shape index (κ3) is 5.43. The van der Waals surface area contributed by atoms with Gasteiger partial charge in [0.2, 0.25) is 10.0 Å². The maximum Gasteiger partial charge on any atom is 0.261 e. The lowest BCUT2D eigenvalue weighted by Gasteiger charge is -2.23. The largest absolute Gasteiger partial charge is 0.322 e. The second-order valence-electron chi connectivity index (χ2n) is 7.00. The van der Waals surface area contributed by atoms with Crippen molar-refractivity contribution in [2.75, 3.05) is 15.9 Å². The minimum absolute atomic E-state index is 0.0529. The zero-order valence-electron chi connectivity index (χ0n) is 16.7. The van der Waals surface area contributed by atoms with Gasteiger partial charge in [-0.1, -0.05) is 29.8 Å². The molecular formula is C22H19F3N2O3S. The number of anilines is 2. The molecule has 0 aliphatic heterocycles. The van der Waals surface area contributed by atoms with Crippen molar-refractivity contribution in [2.24, 2.45) is 0 Å². The monoisotopic (exact) mass is 448 g/mol. The van der Waals surface area contributed by atoms with Crippen molar-refractivity contribution < 1.29 is 26.4 Å². The van der Waals surface area contributed by atoms with Crippen molar-refractivity contribution in [3.05, 3.63) is 94.8 Å². The quantitative estimate of drug-likeness (QED) is 0.598. The minimum atomic E-state index is -3.56. The number of hydrogen-bond acceptors (Lipinski definition) is 3. The van der Waals surface area contributed by atoms with Crippen LogP contribution >= 0.6 is 0 Å². The van der Waals surface area contributed by atoms with E-state index in [0.29, 0.717) is 23.4 Å². The molecule has 3 aromatic rings. The Morgan fingerprint density at radius 2 is 1.48 bits per heavy atom. The van der Waals surface area contributed by atoms with E-state index in [1.54, 1.807) is 36.4 Å². The topological polar surface area (TPSA) is 66.5 Å². The van der Waals surface area contributed by atoms with Gasteiger partial charge in [-0.25, -0.2) is 21.6 Å². The number of sulfonamides is 1. The molecule has 0 atom stereocenters. The number of aryl methyl sites for hydroxylation is 1. The summed E-state index contributed by atoms with van der Waals surface area (Å²) in [5, 5.41) is 2.33. The Hall–Kier alpha value is -3.33. The Labute approximate surface area is 178 Å². The van der Waals surface area contributed by atoms with Crippen LogP contribution in [0.1, 0.15) is 21.5 Å². The molecule has 5 nitrogen and oxygen atoms in total. The maximum atomic E-state index is 13.8. The van der Waals surface area contributed by atoms with Crippen molar-refractivity contribution in [1.29, 1.82) is 0 Å². The van der Waals surface area contributed by atoms with E-state index in [0.717, 1.165) is 11.8 Å². The molecule has 0 aliphatic rings. The first-order chi connectivity index (χ1) is 14.5. The van der Waals surface area contributed by atoms with Crippen LogP contribution in [0.5, 0.6) is 0 Å². The van der Waals surface area contributed by atoms with Crippen molar-refractivity contribution in [3.8, 4) is 0 Å². The molecule has 0 fully saturated rings. The molecule has 3 rings (SSSR count). The molecule has 162 valence electrons. The fourth-order valence-corrected chi connectivity index (χ4v) is 3.81. The van der Waals surface area contributed by atoms with Crippen LogP contribution in [0.4, 0.5) is 24.5 Å². The first-order valence-corrected chi connectivity index (χ1v) is 11.0. The molecule has 0 bridgehead atoms. The van der Waals surface area contributed by atoms with Gasteiger partial charge in [0.1, 0.15) is 23.0 Å². The molecular weight excluding hydrogens is 429 g/mol. The third-order valence-electron chi connectivity index (χ3n) is 4.49. The second kappa shape index (κ2) is 8.81. The van der Waals surface area contributed by atoms with Gasteiger partial charge < -0.3 is 5.32 Å². The highest BCUT2D eigenvalue weighted by atomic mass is 32.2. The molecule has 1 N–H and O–H groups in total. The Morgan fingerprint density at radius 1 is 0.935 bits per heavy atom. The van der Waals surface area contributed by atoms with Gasteiger partial charge in [0.15, 0.2) is 0 Å². The number of carbonyl (C=O) groups excluding carboxylic acids is 1. The number of carbonyl (C=O) groups is 1. The molecule has 0 heterocycles. The number of nitrogens with one attached hydrogen (secondary N) is 1. The van der Waals surface area contributed by atoms with Crippen LogP contribution in [-0.4, -0.2) is 20.6 Å². The molecule has 0 saturated carbocycles. The molecule has 31 heavy (non-hydrogen) atoms. The van der Waals surface area contributed by atoms with Crippen molar-refractivity contribution in [1.82, 2.24) is 0 Å². The predicted octanol–water partition coefficient (Wildman–Crippen LogP) is 4.63. The summed E-state index contributed by atoms with van der Waals surface area (Å²) in [5.74, 6) is -4.82. The summed E-state index contributed by atoms with van der Waals surface area (Å²) >= 11 is 0. The second-order valence-corrected chi connectivity index (χ2v) is 8.91. The summed E-state index contributed by atoms with van der Waals surface area (Å²) in [4.78, 5) is 12.2. The summed E-state index contributed by atoms with van der Waals surface area (Å²) in [7, 11) is -3.56.